The largest absolute Gasteiger partial charge is 0.505 e. The van der Waals surface area contributed by atoms with Gasteiger partial charge >= 0.3 is 0 Å². The summed E-state index contributed by atoms with van der Waals surface area (Å²) < 4.78 is 5.24. The van der Waals surface area contributed by atoms with Gasteiger partial charge in [-0.3, -0.25) is 4.79 Å². The number of aryl methyl sites for hydroxylation is 1. The molecule has 98 valence electrons. The van der Waals surface area contributed by atoms with E-state index in [0.717, 1.165) is 0 Å². The average molecular weight is 250 g/mol. The maximum absolute atomic E-state index is 12.2. The van der Waals surface area contributed by atoms with Gasteiger partial charge in [-0.25, -0.2) is 0 Å². The first-order valence-corrected chi connectivity index (χ1v) is 5.88. The van der Waals surface area contributed by atoms with Crippen molar-refractivity contribution in [3.05, 3.63) is 23.8 Å². The van der Waals surface area contributed by atoms with Gasteiger partial charge in [0.05, 0.1) is 24.3 Å². The normalized spacial score (nSPS) is 27.2. The Bertz CT molecular complexity index is 475. The zero-order valence-electron chi connectivity index (χ0n) is 10.6. The fourth-order valence-electron chi connectivity index (χ4n) is 1.95. The zero-order chi connectivity index (χ0) is 13.3. The molecule has 18 heavy (non-hydrogen) atoms. The number of para-hydroxylation sites is 1. The van der Waals surface area contributed by atoms with Crippen LogP contribution in [-0.2, 0) is 9.53 Å². The number of anilines is 1. The lowest BCUT2D eigenvalue weighted by Gasteiger charge is -2.25. The molecule has 1 fully saturated rings. The molecule has 2 rings (SSSR count). The van der Waals surface area contributed by atoms with E-state index in [1.165, 1.54) is 0 Å². The van der Waals surface area contributed by atoms with E-state index >= 15 is 0 Å². The van der Waals surface area contributed by atoms with Gasteiger partial charge in [0.2, 0.25) is 5.91 Å². The summed E-state index contributed by atoms with van der Waals surface area (Å²) in [6.45, 7) is 4.22. The number of phenolic OH excluding ortho intramolecular Hbond substituents is 1. The lowest BCUT2D eigenvalue weighted by molar-refractivity contribution is -0.125. The molecule has 0 saturated carbocycles. The van der Waals surface area contributed by atoms with E-state index in [1.807, 2.05) is 0 Å². The number of aromatic hydroxyl groups is 1. The summed E-state index contributed by atoms with van der Waals surface area (Å²) in [5, 5.41) is 12.6. The van der Waals surface area contributed by atoms with Crippen LogP contribution in [0.3, 0.4) is 0 Å². The molecule has 1 aliphatic heterocycles. The first kappa shape index (κ1) is 12.9. The number of amides is 1. The third kappa shape index (κ3) is 2.07. The standard InChI is InChI=1S/C13H18N2O3/c1-8-4-3-5-9(11(8)16)15-12(17)13(2)7-18-6-10(13)14/h3-5,10,16H,6-7,14H2,1-2H3,(H,15,17). The van der Waals surface area contributed by atoms with Crippen molar-refractivity contribution in [2.75, 3.05) is 18.5 Å². The van der Waals surface area contributed by atoms with Crippen molar-refractivity contribution in [2.45, 2.75) is 19.9 Å². The maximum Gasteiger partial charge on any atom is 0.234 e. The summed E-state index contributed by atoms with van der Waals surface area (Å²) in [5.41, 5.74) is 6.25. The van der Waals surface area contributed by atoms with Crippen molar-refractivity contribution in [1.82, 2.24) is 0 Å². The van der Waals surface area contributed by atoms with Gasteiger partial charge in [0.25, 0.3) is 0 Å². The van der Waals surface area contributed by atoms with Gasteiger partial charge in [-0.2, -0.15) is 0 Å². The second-order valence-electron chi connectivity index (χ2n) is 4.96. The van der Waals surface area contributed by atoms with E-state index in [1.54, 1.807) is 32.0 Å². The Labute approximate surface area is 106 Å². The lowest BCUT2D eigenvalue weighted by Crippen LogP contribution is -2.47. The van der Waals surface area contributed by atoms with Crippen LogP contribution in [0.5, 0.6) is 5.75 Å². The third-order valence-electron chi connectivity index (χ3n) is 3.52. The highest BCUT2D eigenvalue weighted by molar-refractivity contribution is 5.97. The van der Waals surface area contributed by atoms with E-state index in [-0.39, 0.29) is 17.7 Å². The van der Waals surface area contributed by atoms with Crippen molar-refractivity contribution in [3.8, 4) is 5.75 Å². The molecule has 1 aromatic rings. The number of hydrogen-bond donors (Lipinski definition) is 3. The van der Waals surface area contributed by atoms with Crippen LogP contribution in [0.15, 0.2) is 18.2 Å². The van der Waals surface area contributed by atoms with Gasteiger partial charge in [-0.1, -0.05) is 12.1 Å². The van der Waals surface area contributed by atoms with Crippen LogP contribution in [0.4, 0.5) is 5.69 Å². The van der Waals surface area contributed by atoms with Crippen LogP contribution < -0.4 is 11.1 Å². The molecule has 5 nitrogen and oxygen atoms in total. The van der Waals surface area contributed by atoms with Crippen LogP contribution >= 0.6 is 0 Å². The van der Waals surface area contributed by atoms with Gasteiger partial charge in [0.1, 0.15) is 5.75 Å². The Balaban J connectivity index is 2.19. The second kappa shape index (κ2) is 4.59. The summed E-state index contributed by atoms with van der Waals surface area (Å²) in [6, 6.07) is 4.88. The van der Waals surface area contributed by atoms with Crippen LogP contribution in [0.25, 0.3) is 0 Å². The SMILES string of the molecule is Cc1cccc(NC(=O)C2(C)COCC2N)c1O. The number of benzene rings is 1. The smallest absolute Gasteiger partial charge is 0.234 e. The molecule has 2 unspecified atom stereocenters. The van der Waals surface area contributed by atoms with E-state index in [2.05, 4.69) is 5.32 Å². The molecule has 1 amide bonds. The molecule has 0 spiro atoms. The molecule has 1 saturated heterocycles. The van der Waals surface area contributed by atoms with E-state index in [9.17, 15) is 9.90 Å². The first-order valence-electron chi connectivity index (χ1n) is 5.88. The highest BCUT2D eigenvalue weighted by Crippen LogP contribution is 2.32. The maximum atomic E-state index is 12.2. The van der Waals surface area contributed by atoms with E-state index < -0.39 is 5.41 Å². The number of rotatable bonds is 2. The van der Waals surface area contributed by atoms with Crippen molar-refractivity contribution in [1.29, 1.82) is 0 Å². The van der Waals surface area contributed by atoms with Gasteiger partial charge in [-0.05, 0) is 25.5 Å². The summed E-state index contributed by atoms with van der Waals surface area (Å²) in [7, 11) is 0. The number of carbonyl (C=O) groups is 1. The average Bonchev–Trinajstić information content (AvgIpc) is 2.67. The molecular weight excluding hydrogens is 232 g/mol. The number of nitrogens with two attached hydrogens (primary N) is 1. The summed E-state index contributed by atoms with van der Waals surface area (Å²) in [4.78, 5) is 12.2. The van der Waals surface area contributed by atoms with Crippen molar-refractivity contribution in [2.24, 2.45) is 11.1 Å². The number of ether oxygens (including phenoxy) is 1. The quantitative estimate of drug-likeness (QED) is 0.684. The Morgan fingerprint density at radius 1 is 1.61 bits per heavy atom. The Hall–Kier alpha value is -1.59. The monoisotopic (exact) mass is 250 g/mol. The molecule has 5 heteroatoms. The van der Waals surface area contributed by atoms with Crippen molar-refractivity contribution < 1.29 is 14.6 Å². The summed E-state index contributed by atoms with van der Waals surface area (Å²) in [5.74, 6) is -0.143. The Morgan fingerprint density at radius 2 is 2.33 bits per heavy atom. The number of hydrogen-bond acceptors (Lipinski definition) is 4. The second-order valence-corrected chi connectivity index (χ2v) is 4.96. The fourth-order valence-corrected chi connectivity index (χ4v) is 1.95. The zero-order valence-corrected chi connectivity index (χ0v) is 10.6. The number of nitrogens with one attached hydrogen (secondary N) is 1. The fraction of sp³-hybridized carbons (Fsp3) is 0.462. The molecule has 0 radical (unpaired) electrons. The van der Waals surface area contributed by atoms with Gasteiger partial charge in [0, 0.05) is 6.04 Å². The van der Waals surface area contributed by atoms with Gasteiger partial charge in [0.15, 0.2) is 0 Å². The number of carbonyl (C=O) groups excluding carboxylic acids is 1. The first-order chi connectivity index (χ1) is 8.45. The highest BCUT2D eigenvalue weighted by Gasteiger charge is 2.44. The summed E-state index contributed by atoms with van der Waals surface area (Å²) in [6.07, 6.45) is 0. The van der Waals surface area contributed by atoms with Crippen molar-refractivity contribution >= 4 is 11.6 Å². The molecule has 1 aliphatic rings. The highest BCUT2D eigenvalue weighted by atomic mass is 16.5. The molecule has 2 atom stereocenters. The molecule has 0 bridgehead atoms. The molecule has 0 aliphatic carbocycles. The van der Waals surface area contributed by atoms with E-state index in [4.69, 9.17) is 10.5 Å². The minimum absolute atomic E-state index is 0.0851. The third-order valence-corrected chi connectivity index (χ3v) is 3.52. The predicted molar refractivity (Wildman–Crippen MR) is 68.4 cm³/mol. The van der Waals surface area contributed by atoms with Crippen LogP contribution in [0.2, 0.25) is 0 Å². The summed E-state index contributed by atoms with van der Waals surface area (Å²) >= 11 is 0. The molecule has 0 aromatic heterocycles. The predicted octanol–water partition coefficient (Wildman–Crippen LogP) is 1.00. The topological polar surface area (TPSA) is 84.6 Å². The minimum Gasteiger partial charge on any atom is -0.505 e. The molecule has 1 aromatic carbocycles. The van der Waals surface area contributed by atoms with Crippen LogP contribution in [0, 0.1) is 12.3 Å². The van der Waals surface area contributed by atoms with Gasteiger partial charge < -0.3 is 20.9 Å². The van der Waals surface area contributed by atoms with Crippen LogP contribution in [-0.4, -0.2) is 30.3 Å². The van der Waals surface area contributed by atoms with Crippen LogP contribution in [0.1, 0.15) is 12.5 Å². The minimum atomic E-state index is -0.754. The Morgan fingerprint density at radius 3 is 2.94 bits per heavy atom. The molecule has 1 heterocycles. The molecular formula is C13H18N2O3. The number of phenols is 1. The lowest BCUT2D eigenvalue weighted by atomic mass is 9.85. The van der Waals surface area contributed by atoms with Crippen molar-refractivity contribution in [3.63, 3.8) is 0 Å². The molecule has 4 N–H and O–H groups in total. The van der Waals surface area contributed by atoms with E-state index in [0.29, 0.717) is 24.5 Å². The van der Waals surface area contributed by atoms with Gasteiger partial charge in [-0.15, -0.1) is 0 Å². The Kier molecular flexibility index (Phi) is 3.28.